The number of Topliss-reactive ketones (excluding diaryl/α,β-unsaturated/α-hetero) is 4. The molecule has 9 nitrogen and oxygen atoms in total. The lowest BCUT2D eigenvalue weighted by atomic mass is 9.96. The fourth-order valence-corrected chi connectivity index (χ4v) is 4.47. The molecule has 2 aromatic carbocycles. The van der Waals surface area contributed by atoms with Gasteiger partial charge in [0.25, 0.3) is 0 Å². The van der Waals surface area contributed by atoms with Crippen LogP contribution in [0.15, 0.2) is 60.7 Å². The van der Waals surface area contributed by atoms with Crippen molar-refractivity contribution in [2.24, 2.45) is 11.7 Å². The van der Waals surface area contributed by atoms with Crippen molar-refractivity contribution in [3.8, 4) is 0 Å². The molecule has 2 amide bonds. The first-order valence-corrected chi connectivity index (χ1v) is 15.5. The van der Waals surface area contributed by atoms with Gasteiger partial charge in [-0.05, 0) is 37.8 Å². The predicted octanol–water partition coefficient (Wildman–Crippen LogP) is 5.13. The number of nitrogens with one attached hydrogen (secondary N) is 2. The summed E-state index contributed by atoms with van der Waals surface area (Å²) in [5.74, 6) is -2.64. The van der Waals surface area contributed by atoms with Crippen molar-refractivity contribution in [3.63, 3.8) is 0 Å². The van der Waals surface area contributed by atoms with Crippen molar-refractivity contribution in [1.82, 2.24) is 10.6 Å². The number of carbonyl (C=O) groups is 6. The van der Waals surface area contributed by atoms with Crippen molar-refractivity contribution in [3.05, 3.63) is 71.8 Å². The molecule has 44 heavy (non-hydrogen) atoms. The Bertz CT molecular complexity index is 1120. The number of ketones is 4. The Morgan fingerprint density at radius 2 is 0.977 bits per heavy atom. The normalized spacial score (nSPS) is 13.2. The summed E-state index contributed by atoms with van der Waals surface area (Å²) in [6.45, 7) is 9.41. The van der Waals surface area contributed by atoms with Gasteiger partial charge in [-0.1, -0.05) is 94.3 Å². The van der Waals surface area contributed by atoms with E-state index < -0.39 is 23.4 Å². The van der Waals surface area contributed by atoms with Crippen LogP contribution in [0.25, 0.3) is 0 Å². The zero-order chi connectivity index (χ0) is 33.1. The molecule has 0 spiro atoms. The maximum Gasteiger partial charge on any atom is 0.220 e. The summed E-state index contributed by atoms with van der Waals surface area (Å²) in [5, 5.41) is 5.65. The number of carbonyl (C=O) groups excluding carboxylic acids is 6. The number of nitrogens with two attached hydrogens (primary N) is 1. The lowest BCUT2D eigenvalue weighted by Crippen LogP contribution is -2.36. The highest BCUT2D eigenvalue weighted by Crippen LogP contribution is 2.13. The molecule has 2 rings (SSSR count). The second-order valence-electron chi connectivity index (χ2n) is 11.1. The molecule has 0 aliphatic heterocycles. The summed E-state index contributed by atoms with van der Waals surface area (Å²) >= 11 is 0. The van der Waals surface area contributed by atoms with Gasteiger partial charge in [-0.15, -0.1) is 0 Å². The summed E-state index contributed by atoms with van der Waals surface area (Å²) in [4.78, 5) is 70.7. The average Bonchev–Trinajstić information content (AvgIpc) is 3.03. The topological polar surface area (TPSA) is 152 Å². The molecule has 9 heteroatoms. The van der Waals surface area contributed by atoms with E-state index >= 15 is 0 Å². The molecule has 240 valence electrons. The zero-order valence-corrected chi connectivity index (χ0v) is 26.8. The van der Waals surface area contributed by atoms with E-state index in [0.29, 0.717) is 12.8 Å². The van der Waals surface area contributed by atoms with Gasteiger partial charge in [-0.25, -0.2) is 0 Å². The predicted molar refractivity (Wildman–Crippen MR) is 171 cm³/mol. The van der Waals surface area contributed by atoms with Gasteiger partial charge in [0.2, 0.25) is 29.2 Å². The van der Waals surface area contributed by atoms with Crippen LogP contribution in [0, 0.1) is 5.92 Å². The van der Waals surface area contributed by atoms with Crippen LogP contribution in [0.5, 0.6) is 0 Å². The molecule has 2 aromatic rings. The van der Waals surface area contributed by atoms with Crippen LogP contribution in [-0.2, 0) is 28.8 Å². The molecule has 0 saturated carbocycles. The van der Waals surface area contributed by atoms with Gasteiger partial charge in [-0.2, -0.15) is 0 Å². The van der Waals surface area contributed by atoms with Gasteiger partial charge >= 0.3 is 0 Å². The van der Waals surface area contributed by atoms with Crippen molar-refractivity contribution >= 4 is 34.9 Å². The maximum atomic E-state index is 11.9. The van der Waals surface area contributed by atoms with Crippen LogP contribution in [0.3, 0.4) is 0 Å². The Morgan fingerprint density at radius 1 is 0.591 bits per heavy atom. The molecule has 0 aliphatic carbocycles. The molecule has 0 fully saturated rings. The molecule has 0 saturated heterocycles. The van der Waals surface area contributed by atoms with E-state index in [0.717, 1.165) is 24.0 Å². The summed E-state index contributed by atoms with van der Waals surface area (Å²) < 4.78 is 0. The van der Waals surface area contributed by atoms with E-state index in [4.69, 9.17) is 5.73 Å². The molecular formula is C35H49N3O6. The van der Waals surface area contributed by atoms with Gasteiger partial charge in [0.1, 0.15) is 0 Å². The Hall–Kier alpha value is -3.98. The van der Waals surface area contributed by atoms with Crippen molar-refractivity contribution < 1.29 is 28.8 Å². The van der Waals surface area contributed by atoms with Crippen LogP contribution in [0.4, 0.5) is 0 Å². The molecule has 0 bridgehead atoms. The minimum absolute atomic E-state index is 0.000587. The maximum absolute atomic E-state index is 11.9. The SMILES string of the molecule is CCCC(C)C(=O)C(=O)CCC(=O)N[C@H](C)c1ccccc1.CCCC(N)C(=O)C(=O)CCC(=O)N[C@H](C)c1ccccc1. The number of amides is 2. The molecule has 4 N–H and O–H groups in total. The molecule has 4 atom stereocenters. The van der Waals surface area contributed by atoms with Gasteiger partial charge in [0, 0.05) is 31.6 Å². The highest BCUT2D eigenvalue weighted by Gasteiger charge is 2.22. The Morgan fingerprint density at radius 3 is 1.36 bits per heavy atom. The third-order valence-corrected chi connectivity index (χ3v) is 7.17. The van der Waals surface area contributed by atoms with Crippen LogP contribution in [0.1, 0.15) is 109 Å². The minimum atomic E-state index is -0.746. The minimum Gasteiger partial charge on any atom is -0.350 e. The Kier molecular flexibility index (Phi) is 18.0. The molecular weight excluding hydrogens is 558 g/mol. The second kappa shape index (κ2) is 20.8. The monoisotopic (exact) mass is 607 g/mol. The first-order chi connectivity index (χ1) is 20.9. The Labute approximate surface area is 261 Å². The van der Waals surface area contributed by atoms with Gasteiger partial charge in [0.05, 0.1) is 18.1 Å². The van der Waals surface area contributed by atoms with E-state index in [1.165, 1.54) is 0 Å². The van der Waals surface area contributed by atoms with Gasteiger partial charge < -0.3 is 16.4 Å². The third-order valence-electron chi connectivity index (χ3n) is 7.17. The summed E-state index contributed by atoms with van der Waals surface area (Å²) in [5.41, 5.74) is 7.62. The zero-order valence-electron chi connectivity index (χ0n) is 26.8. The summed E-state index contributed by atoms with van der Waals surface area (Å²) in [7, 11) is 0. The number of hydrogen-bond donors (Lipinski definition) is 3. The standard InChI is InChI=1S/C18H25NO3.C17H24N2O3/c1-4-8-13(2)18(22)16(20)11-12-17(21)19-14(3)15-9-6-5-7-10-15;1-3-7-14(18)17(22)15(20)10-11-16(21)19-12(2)13-8-5-4-6-9-13/h5-7,9-10,13-14H,4,8,11-12H2,1-3H3,(H,19,21);4-6,8-9,12,14H,3,7,10-11,18H2,1-2H3,(H,19,21)/t13?,14-;12-,14?/m11/s1. The van der Waals surface area contributed by atoms with Crippen LogP contribution in [-0.4, -0.2) is 41.0 Å². The highest BCUT2D eigenvalue weighted by molar-refractivity contribution is 6.39. The van der Waals surface area contributed by atoms with Gasteiger partial charge in [0.15, 0.2) is 5.78 Å². The lowest BCUT2D eigenvalue weighted by molar-refractivity contribution is -0.139. The average molecular weight is 608 g/mol. The van der Waals surface area contributed by atoms with Crippen LogP contribution < -0.4 is 16.4 Å². The third kappa shape index (κ3) is 14.5. The van der Waals surface area contributed by atoms with Crippen LogP contribution >= 0.6 is 0 Å². The Balaban J connectivity index is 0.000000440. The summed E-state index contributed by atoms with van der Waals surface area (Å²) in [6, 6.07) is 18.2. The van der Waals surface area contributed by atoms with E-state index in [9.17, 15) is 28.8 Å². The van der Waals surface area contributed by atoms with Crippen molar-refractivity contribution in [2.45, 2.75) is 104 Å². The van der Waals surface area contributed by atoms with Gasteiger partial charge in [-0.3, -0.25) is 28.8 Å². The quantitative estimate of drug-likeness (QED) is 0.199. The number of hydrogen-bond acceptors (Lipinski definition) is 7. The molecule has 0 aromatic heterocycles. The van der Waals surface area contributed by atoms with E-state index in [1.54, 1.807) is 6.92 Å². The van der Waals surface area contributed by atoms with Crippen molar-refractivity contribution in [2.75, 3.05) is 0 Å². The van der Waals surface area contributed by atoms with E-state index in [2.05, 4.69) is 10.6 Å². The summed E-state index contributed by atoms with van der Waals surface area (Å²) in [6.07, 6.45) is 2.76. The molecule has 2 unspecified atom stereocenters. The molecule has 0 radical (unpaired) electrons. The second-order valence-corrected chi connectivity index (χ2v) is 11.1. The largest absolute Gasteiger partial charge is 0.350 e. The van der Waals surface area contributed by atoms with Crippen LogP contribution in [0.2, 0.25) is 0 Å². The smallest absolute Gasteiger partial charge is 0.220 e. The number of benzene rings is 2. The van der Waals surface area contributed by atoms with E-state index in [-0.39, 0.29) is 61.3 Å². The molecule has 0 aliphatic rings. The first-order valence-electron chi connectivity index (χ1n) is 15.5. The number of rotatable bonds is 18. The van der Waals surface area contributed by atoms with Crippen molar-refractivity contribution in [1.29, 1.82) is 0 Å². The molecule has 0 heterocycles. The lowest BCUT2D eigenvalue weighted by Gasteiger charge is -2.14. The van der Waals surface area contributed by atoms with E-state index in [1.807, 2.05) is 88.4 Å². The first kappa shape index (κ1) is 38.0. The highest BCUT2D eigenvalue weighted by atomic mass is 16.2. The fraction of sp³-hybridized carbons (Fsp3) is 0.486. The fourth-order valence-electron chi connectivity index (χ4n) is 4.47.